The summed E-state index contributed by atoms with van der Waals surface area (Å²) in [4.78, 5) is 11.2. The third-order valence-electron chi connectivity index (χ3n) is 3.06. The predicted octanol–water partition coefficient (Wildman–Crippen LogP) is 3.55. The normalized spacial score (nSPS) is 10.2. The van der Waals surface area contributed by atoms with E-state index in [0.717, 1.165) is 10.8 Å². The Kier molecular flexibility index (Phi) is 3.78. The molecule has 5 heteroatoms. The lowest BCUT2D eigenvalue weighted by molar-refractivity contribution is -0.111. The third kappa shape index (κ3) is 2.93. The third-order valence-corrected chi connectivity index (χ3v) is 3.06. The van der Waals surface area contributed by atoms with Gasteiger partial charge in [0, 0.05) is 16.5 Å². The monoisotopic (exact) mass is 291 g/mol. The van der Waals surface area contributed by atoms with Crippen LogP contribution in [-0.2, 0) is 4.79 Å². The molecule has 108 valence electrons. The first-order valence-electron chi connectivity index (χ1n) is 6.68. The Morgan fingerprint density at radius 3 is 2.68 bits per heavy atom. The minimum atomic E-state index is -0.256. The number of carbonyl (C=O) groups excluding carboxylic acids is 1. The second kappa shape index (κ2) is 6.05. The molecule has 22 heavy (non-hydrogen) atoms. The summed E-state index contributed by atoms with van der Waals surface area (Å²) < 4.78 is 5.77. The van der Waals surface area contributed by atoms with Crippen LogP contribution >= 0.6 is 0 Å². The number of benzene rings is 2. The van der Waals surface area contributed by atoms with Gasteiger partial charge in [0.1, 0.15) is 5.75 Å². The maximum atomic E-state index is 11.2. The van der Waals surface area contributed by atoms with Crippen LogP contribution in [0.15, 0.2) is 67.4 Å². The number of hydrogen-bond donors (Lipinski definition) is 1. The molecule has 0 unspecified atom stereocenters. The van der Waals surface area contributed by atoms with Crippen molar-refractivity contribution < 1.29 is 9.53 Å². The highest BCUT2D eigenvalue weighted by atomic mass is 16.5. The van der Waals surface area contributed by atoms with E-state index in [0.29, 0.717) is 17.3 Å². The molecule has 0 bridgehead atoms. The van der Waals surface area contributed by atoms with Gasteiger partial charge in [0.2, 0.25) is 11.8 Å². The molecule has 1 N–H and O–H groups in total. The molecule has 1 aromatic heterocycles. The number of hydrogen-bond acceptors (Lipinski definition) is 4. The van der Waals surface area contributed by atoms with Crippen molar-refractivity contribution in [3.63, 3.8) is 0 Å². The Balaban J connectivity index is 1.83. The zero-order valence-electron chi connectivity index (χ0n) is 11.7. The van der Waals surface area contributed by atoms with Gasteiger partial charge in [0.05, 0.1) is 6.20 Å². The average molecular weight is 291 g/mol. The van der Waals surface area contributed by atoms with Gasteiger partial charge in [-0.2, -0.15) is 5.10 Å². The lowest BCUT2D eigenvalue weighted by Crippen LogP contribution is -2.06. The fraction of sp³-hybridized carbons (Fsp3) is 0. The second-order valence-corrected chi connectivity index (χ2v) is 4.56. The number of aromatic nitrogens is 2. The van der Waals surface area contributed by atoms with Crippen molar-refractivity contribution in [3.05, 3.63) is 67.4 Å². The Morgan fingerprint density at radius 1 is 1.14 bits per heavy atom. The summed E-state index contributed by atoms with van der Waals surface area (Å²) in [5.74, 6) is 0.803. The van der Waals surface area contributed by atoms with Gasteiger partial charge in [-0.1, -0.05) is 24.8 Å². The van der Waals surface area contributed by atoms with Crippen LogP contribution in [0.5, 0.6) is 11.6 Å². The molecule has 3 rings (SSSR count). The zero-order valence-corrected chi connectivity index (χ0v) is 11.7. The summed E-state index contributed by atoms with van der Waals surface area (Å²) in [5.41, 5.74) is 0.668. The number of rotatable bonds is 4. The molecule has 0 aliphatic heterocycles. The van der Waals surface area contributed by atoms with Gasteiger partial charge in [-0.3, -0.25) is 4.79 Å². The second-order valence-electron chi connectivity index (χ2n) is 4.56. The summed E-state index contributed by atoms with van der Waals surface area (Å²) in [7, 11) is 0. The molecule has 0 atom stereocenters. The Bertz CT molecular complexity index is 823. The number of amides is 1. The molecule has 0 aliphatic rings. The molecular formula is C17H13N3O2. The predicted molar refractivity (Wildman–Crippen MR) is 84.9 cm³/mol. The molecule has 0 spiro atoms. The van der Waals surface area contributed by atoms with E-state index in [2.05, 4.69) is 22.1 Å². The van der Waals surface area contributed by atoms with Crippen molar-refractivity contribution in [1.82, 2.24) is 10.2 Å². The van der Waals surface area contributed by atoms with E-state index < -0.39 is 0 Å². The first kappa shape index (κ1) is 13.8. The van der Waals surface area contributed by atoms with Crippen LogP contribution in [0, 0.1) is 0 Å². The summed E-state index contributed by atoms with van der Waals surface area (Å²) >= 11 is 0. The van der Waals surface area contributed by atoms with Crippen LogP contribution in [-0.4, -0.2) is 16.1 Å². The van der Waals surface area contributed by atoms with Crippen molar-refractivity contribution in [2.45, 2.75) is 0 Å². The topological polar surface area (TPSA) is 64.1 Å². The van der Waals surface area contributed by atoms with Crippen molar-refractivity contribution in [2.75, 3.05) is 5.32 Å². The molecule has 0 saturated carbocycles. The maximum absolute atomic E-state index is 11.2. The summed E-state index contributed by atoms with van der Waals surface area (Å²) in [5, 5.41) is 12.5. The van der Waals surface area contributed by atoms with Crippen LogP contribution in [0.3, 0.4) is 0 Å². The van der Waals surface area contributed by atoms with Crippen molar-refractivity contribution in [1.29, 1.82) is 0 Å². The minimum absolute atomic E-state index is 0.256. The first-order chi connectivity index (χ1) is 10.8. The van der Waals surface area contributed by atoms with Gasteiger partial charge in [-0.05, 0) is 36.4 Å². The Labute approximate surface area is 127 Å². The molecular weight excluding hydrogens is 278 g/mol. The van der Waals surface area contributed by atoms with Gasteiger partial charge in [-0.25, -0.2) is 0 Å². The molecule has 1 heterocycles. The van der Waals surface area contributed by atoms with E-state index in [4.69, 9.17) is 4.74 Å². The number of fused-ring (bicyclic) bond motifs is 1. The molecule has 0 saturated heterocycles. The lowest BCUT2D eigenvalue weighted by atomic mass is 10.2. The van der Waals surface area contributed by atoms with Gasteiger partial charge >= 0.3 is 0 Å². The zero-order chi connectivity index (χ0) is 15.4. The fourth-order valence-corrected chi connectivity index (χ4v) is 1.99. The SMILES string of the molecule is C=CC(=O)Nc1ccc(Oc2nncc3ccccc23)cc1. The van der Waals surface area contributed by atoms with Gasteiger partial charge < -0.3 is 10.1 Å². The van der Waals surface area contributed by atoms with Crippen molar-refractivity contribution >= 4 is 22.4 Å². The van der Waals surface area contributed by atoms with E-state index in [1.807, 2.05) is 24.3 Å². The number of nitrogens with one attached hydrogen (secondary N) is 1. The average Bonchev–Trinajstić information content (AvgIpc) is 2.57. The van der Waals surface area contributed by atoms with Crippen LogP contribution in [0.1, 0.15) is 0 Å². The number of nitrogens with zero attached hydrogens (tertiary/aromatic N) is 2. The minimum Gasteiger partial charge on any atom is -0.437 e. The van der Waals surface area contributed by atoms with Crippen LogP contribution in [0.25, 0.3) is 10.8 Å². The molecule has 0 radical (unpaired) electrons. The highest BCUT2D eigenvalue weighted by molar-refractivity contribution is 5.98. The van der Waals surface area contributed by atoms with E-state index in [1.54, 1.807) is 30.5 Å². The number of anilines is 1. The van der Waals surface area contributed by atoms with Crippen molar-refractivity contribution in [3.8, 4) is 11.6 Å². The highest BCUT2D eigenvalue weighted by Gasteiger charge is 2.06. The highest BCUT2D eigenvalue weighted by Crippen LogP contribution is 2.27. The fourth-order valence-electron chi connectivity index (χ4n) is 1.99. The lowest BCUT2D eigenvalue weighted by Gasteiger charge is -2.08. The quantitative estimate of drug-likeness (QED) is 0.747. The molecule has 0 aliphatic carbocycles. The van der Waals surface area contributed by atoms with Gasteiger partial charge in [-0.15, -0.1) is 5.10 Å². The summed E-state index contributed by atoms with van der Waals surface area (Å²) in [6.45, 7) is 3.41. The maximum Gasteiger partial charge on any atom is 0.247 e. The molecule has 2 aromatic carbocycles. The molecule has 3 aromatic rings. The number of ether oxygens (including phenoxy) is 1. The first-order valence-corrected chi connectivity index (χ1v) is 6.68. The van der Waals surface area contributed by atoms with Gasteiger partial charge in [0.15, 0.2) is 0 Å². The van der Waals surface area contributed by atoms with Gasteiger partial charge in [0.25, 0.3) is 0 Å². The summed E-state index contributed by atoms with van der Waals surface area (Å²) in [6.07, 6.45) is 2.91. The van der Waals surface area contributed by atoms with Crippen LogP contribution in [0.4, 0.5) is 5.69 Å². The standard InChI is InChI=1S/C17H13N3O2/c1-2-16(21)19-13-7-9-14(10-8-13)22-17-15-6-4-3-5-12(15)11-18-20-17/h2-11H,1H2,(H,19,21). The largest absolute Gasteiger partial charge is 0.437 e. The Hall–Kier alpha value is -3.21. The van der Waals surface area contributed by atoms with E-state index in [9.17, 15) is 4.79 Å². The smallest absolute Gasteiger partial charge is 0.247 e. The van der Waals surface area contributed by atoms with Crippen LogP contribution in [0.2, 0.25) is 0 Å². The summed E-state index contributed by atoms with van der Waals surface area (Å²) in [6, 6.07) is 14.7. The number of carbonyl (C=O) groups is 1. The van der Waals surface area contributed by atoms with E-state index >= 15 is 0 Å². The Morgan fingerprint density at radius 2 is 1.91 bits per heavy atom. The molecule has 1 amide bonds. The molecule has 5 nitrogen and oxygen atoms in total. The van der Waals surface area contributed by atoms with Crippen LogP contribution < -0.4 is 10.1 Å². The van der Waals surface area contributed by atoms with E-state index in [-0.39, 0.29) is 5.91 Å². The van der Waals surface area contributed by atoms with E-state index in [1.165, 1.54) is 6.08 Å². The van der Waals surface area contributed by atoms with Crippen molar-refractivity contribution in [2.24, 2.45) is 0 Å². The molecule has 0 fully saturated rings.